The summed E-state index contributed by atoms with van der Waals surface area (Å²) in [6.07, 6.45) is 1.41. The van der Waals surface area contributed by atoms with Crippen molar-refractivity contribution >= 4 is 44.1 Å². The molecular formula is C14H12ClFN4O2S. The summed E-state index contributed by atoms with van der Waals surface area (Å²) in [5.41, 5.74) is 12.0. The number of methoxy groups -OCH3 is 1. The summed E-state index contributed by atoms with van der Waals surface area (Å²) < 4.78 is 25.4. The highest BCUT2D eigenvalue weighted by molar-refractivity contribution is 7.22. The van der Waals surface area contributed by atoms with Crippen LogP contribution in [0.4, 0.5) is 15.3 Å². The van der Waals surface area contributed by atoms with Crippen LogP contribution in [0.5, 0.6) is 11.5 Å². The second-order valence-corrected chi connectivity index (χ2v) is 5.99. The minimum Gasteiger partial charge on any atom is -0.494 e. The predicted molar refractivity (Wildman–Crippen MR) is 88.5 cm³/mol. The van der Waals surface area contributed by atoms with Crippen LogP contribution >= 0.6 is 22.9 Å². The van der Waals surface area contributed by atoms with Gasteiger partial charge < -0.3 is 20.9 Å². The monoisotopic (exact) mass is 354 g/mol. The number of ether oxygens (including phenoxy) is 2. The Morgan fingerprint density at radius 3 is 2.87 bits per heavy atom. The van der Waals surface area contributed by atoms with Gasteiger partial charge in [-0.2, -0.15) is 0 Å². The highest BCUT2D eigenvalue weighted by atomic mass is 35.5. The number of rotatable bonds is 4. The molecular weight excluding hydrogens is 343 g/mol. The first-order valence-corrected chi connectivity index (χ1v) is 7.65. The fraction of sp³-hybridized carbons (Fsp3) is 0.143. The number of hydrogen-bond donors (Lipinski definition) is 2. The van der Waals surface area contributed by atoms with Crippen LogP contribution in [0.15, 0.2) is 18.3 Å². The second-order valence-electron chi connectivity index (χ2n) is 4.58. The fourth-order valence-corrected chi connectivity index (χ4v) is 3.14. The van der Waals surface area contributed by atoms with Crippen molar-refractivity contribution in [2.24, 2.45) is 0 Å². The zero-order valence-electron chi connectivity index (χ0n) is 12.0. The van der Waals surface area contributed by atoms with Crippen LogP contribution in [-0.4, -0.2) is 17.1 Å². The molecule has 0 aliphatic rings. The van der Waals surface area contributed by atoms with Crippen molar-refractivity contribution in [3.63, 3.8) is 0 Å². The van der Waals surface area contributed by atoms with Gasteiger partial charge in [0.2, 0.25) is 0 Å². The van der Waals surface area contributed by atoms with Gasteiger partial charge in [0, 0.05) is 17.8 Å². The normalized spacial score (nSPS) is 10.9. The van der Waals surface area contributed by atoms with Gasteiger partial charge in [0.15, 0.2) is 16.8 Å². The number of hydrogen-bond acceptors (Lipinski definition) is 7. The molecule has 0 saturated carbocycles. The SMILES string of the molecule is COc1cc(OCc2ccnc(N)c2F)c(Cl)c2sc(N)nc12. The van der Waals surface area contributed by atoms with Crippen LogP contribution in [0, 0.1) is 5.82 Å². The van der Waals surface area contributed by atoms with E-state index in [2.05, 4.69) is 9.97 Å². The maximum atomic E-state index is 13.9. The van der Waals surface area contributed by atoms with Gasteiger partial charge in [-0.1, -0.05) is 22.9 Å². The lowest BCUT2D eigenvalue weighted by Crippen LogP contribution is -2.03. The van der Waals surface area contributed by atoms with E-state index in [9.17, 15) is 4.39 Å². The van der Waals surface area contributed by atoms with Gasteiger partial charge in [-0.15, -0.1) is 0 Å². The van der Waals surface area contributed by atoms with E-state index in [1.165, 1.54) is 30.7 Å². The summed E-state index contributed by atoms with van der Waals surface area (Å²) in [5.74, 6) is 0.0238. The molecule has 2 heterocycles. The van der Waals surface area contributed by atoms with E-state index >= 15 is 0 Å². The third kappa shape index (κ3) is 2.82. The molecule has 0 atom stereocenters. The first kappa shape index (κ1) is 15.6. The van der Waals surface area contributed by atoms with Crippen LogP contribution in [0.1, 0.15) is 5.56 Å². The fourth-order valence-electron chi connectivity index (χ4n) is 2.04. The van der Waals surface area contributed by atoms with Crippen molar-refractivity contribution in [3.05, 3.63) is 34.7 Å². The zero-order chi connectivity index (χ0) is 16.6. The lowest BCUT2D eigenvalue weighted by atomic mass is 10.2. The Labute approximate surface area is 139 Å². The number of nitrogen functional groups attached to an aromatic ring is 2. The highest BCUT2D eigenvalue weighted by Crippen LogP contribution is 2.42. The van der Waals surface area contributed by atoms with Crippen molar-refractivity contribution in [3.8, 4) is 11.5 Å². The van der Waals surface area contributed by atoms with Crippen molar-refractivity contribution in [1.82, 2.24) is 9.97 Å². The Balaban J connectivity index is 1.97. The third-order valence-corrected chi connectivity index (χ3v) is 4.54. The molecule has 6 nitrogen and oxygen atoms in total. The average Bonchev–Trinajstić information content (AvgIpc) is 2.92. The summed E-state index contributed by atoms with van der Waals surface area (Å²) in [5, 5.41) is 0.711. The van der Waals surface area contributed by atoms with E-state index < -0.39 is 5.82 Å². The molecule has 0 saturated heterocycles. The van der Waals surface area contributed by atoms with Crippen LogP contribution in [0.2, 0.25) is 5.02 Å². The number of halogens is 2. The van der Waals surface area contributed by atoms with E-state index in [1.807, 2.05) is 0 Å². The average molecular weight is 355 g/mol. The zero-order valence-corrected chi connectivity index (χ0v) is 13.5. The summed E-state index contributed by atoms with van der Waals surface area (Å²) in [6, 6.07) is 3.08. The van der Waals surface area contributed by atoms with Crippen molar-refractivity contribution in [2.75, 3.05) is 18.6 Å². The maximum absolute atomic E-state index is 13.9. The molecule has 0 aliphatic heterocycles. The summed E-state index contributed by atoms with van der Waals surface area (Å²) in [6.45, 7) is -0.0543. The molecule has 0 spiro atoms. The Kier molecular flexibility index (Phi) is 4.10. The van der Waals surface area contributed by atoms with E-state index in [4.69, 9.17) is 32.5 Å². The summed E-state index contributed by atoms with van der Waals surface area (Å²) in [7, 11) is 1.51. The van der Waals surface area contributed by atoms with E-state index in [1.54, 1.807) is 6.07 Å². The first-order chi connectivity index (χ1) is 11.0. The molecule has 0 unspecified atom stereocenters. The lowest BCUT2D eigenvalue weighted by Gasteiger charge is -2.11. The molecule has 0 amide bonds. The number of fused-ring (bicyclic) bond motifs is 1. The van der Waals surface area contributed by atoms with Gasteiger partial charge in [-0.3, -0.25) is 0 Å². The quantitative estimate of drug-likeness (QED) is 0.746. The highest BCUT2D eigenvalue weighted by Gasteiger charge is 2.17. The Hall–Kier alpha value is -2.32. The molecule has 1 aromatic carbocycles. The van der Waals surface area contributed by atoms with Crippen molar-refractivity contribution in [1.29, 1.82) is 0 Å². The number of benzene rings is 1. The largest absolute Gasteiger partial charge is 0.494 e. The molecule has 3 rings (SSSR count). The van der Waals surface area contributed by atoms with E-state index in [0.717, 1.165) is 0 Å². The smallest absolute Gasteiger partial charge is 0.181 e. The van der Waals surface area contributed by atoms with Crippen LogP contribution in [-0.2, 0) is 6.61 Å². The Morgan fingerprint density at radius 1 is 1.35 bits per heavy atom. The minimum atomic E-state index is -0.612. The van der Waals surface area contributed by atoms with Gasteiger partial charge in [0.1, 0.15) is 28.6 Å². The maximum Gasteiger partial charge on any atom is 0.181 e. The summed E-state index contributed by atoms with van der Waals surface area (Å²) in [4.78, 5) is 7.84. The van der Waals surface area contributed by atoms with Crippen LogP contribution in [0.3, 0.4) is 0 Å². The molecule has 2 aromatic heterocycles. The number of nitrogens with two attached hydrogens (primary N) is 2. The van der Waals surface area contributed by atoms with Crippen LogP contribution < -0.4 is 20.9 Å². The second kappa shape index (κ2) is 6.05. The summed E-state index contributed by atoms with van der Waals surface area (Å²) >= 11 is 7.55. The molecule has 3 aromatic rings. The molecule has 0 fully saturated rings. The van der Waals surface area contributed by atoms with E-state index in [0.29, 0.717) is 31.9 Å². The lowest BCUT2D eigenvalue weighted by molar-refractivity contribution is 0.298. The number of anilines is 2. The van der Waals surface area contributed by atoms with E-state index in [-0.39, 0.29) is 18.0 Å². The topological polar surface area (TPSA) is 96.3 Å². The minimum absolute atomic E-state index is 0.0543. The number of pyridine rings is 1. The molecule has 120 valence electrons. The number of thiazole rings is 1. The first-order valence-electron chi connectivity index (χ1n) is 6.45. The van der Waals surface area contributed by atoms with Crippen LogP contribution in [0.25, 0.3) is 10.2 Å². The number of aromatic nitrogens is 2. The Bertz CT molecular complexity index is 887. The molecule has 0 radical (unpaired) electrons. The molecule has 0 aliphatic carbocycles. The van der Waals surface area contributed by atoms with Gasteiger partial charge in [-0.05, 0) is 6.07 Å². The van der Waals surface area contributed by atoms with Gasteiger partial charge >= 0.3 is 0 Å². The predicted octanol–water partition coefficient (Wildman–Crippen LogP) is 3.24. The van der Waals surface area contributed by atoms with Crippen molar-refractivity contribution < 1.29 is 13.9 Å². The van der Waals surface area contributed by atoms with Gasteiger partial charge in [-0.25, -0.2) is 14.4 Å². The number of nitrogens with zero attached hydrogens (tertiary/aromatic N) is 2. The molecule has 23 heavy (non-hydrogen) atoms. The third-order valence-electron chi connectivity index (χ3n) is 3.15. The van der Waals surface area contributed by atoms with Gasteiger partial charge in [0.25, 0.3) is 0 Å². The van der Waals surface area contributed by atoms with Crippen molar-refractivity contribution in [2.45, 2.75) is 6.61 Å². The molecule has 9 heteroatoms. The molecule has 0 bridgehead atoms. The molecule has 4 N–H and O–H groups in total. The van der Waals surface area contributed by atoms with Gasteiger partial charge in [0.05, 0.1) is 11.8 Å². The Morgan fingerprint density at radius 2 is 2.13 bits per heavy atom. The standard InChI is InChI=1S/C14H12ClFN4O2S/c1-21-8-4-7(9(15)12-11(8)20-14(18)23-12)22-5-6-2-3-19-13(17)10(6)16/h2-4H,5H2,1H3,(H2,17,19)(H2,18,20).